The molecular weight excluding hydrogens is 346 g/mol. The molecule has 1 aliphatic rings. The molecule has 1 heterocycles. The van der Waals surface area contributed by atoms with Gasteiger partial charge in [0.05, 0.1) is 19.6 Å². The Labute approximate surface area is 159 Å². The molecule has 148 valence electrons. The number of carbonyl (C=O) groups excluding carboxylic acids is 3. The van der Waals surface area contributed by atoms with E-state index < -0.39 is 0 Å². The molecule has 1 aromatic rings. The van der Waals surface area contributed by atoms with E-state index in [-0.39, 0.29) is 30.8 Å². The molecule has 2 rings (SSSR count). The third kappa shape index (κ3) is 8.19. The normalized spacial score (nSPS) is 15.3. The average Bonchev–Trinajstić information content (AvgIpc) is 2.63. The highest BCUT2D eigenvalue weighted by Gasteiger charge is 2.12. The summed E-state index contributed by atoms with van der Waals surface area (Å²) in [5, 5.41) is 7.95. The largest absolute Gasteiger partial charge is 0.346 e. The number of nitrogens with zero attached hydrogens (tertiary/aromatic N) is 1. The van der Waals surface area contributed by atoms with Crippen molar-refractivity contribution in [3.8, 4) is 0 Å². The van der Waals surface area contributed by atoms with Crippen molar-refractivity contribution in [1.82, 2.24) is 10.2 Å². The van der Waals surface area contributed by atoms with E-state index in [4.69, 9.17) is 5.73 Å². The van der Waals surface area contributed by atoms with Crippen molar-refractivity contribution in [3.05, 3.63) is 24.3 Å². The van der Waals surface area contributed by atoms with Gasteiger partial charge in [-0.15, -0.1) is 0 Å². The van der Waals surface area contributed by atoms with Crippen molar-refractivity contribution >= 4 is 29.1 Å². The third-order valence-electron chi connectivity index (χ3n) is 4.40. The molecule has 0 saturated carbocycles. The number of likely N-dealkylation sites (tertiary alicyclic amines) is 1. The number of rotatable bonds is 7. The van der Waals surface area contributed by atoms with Gasteiger partial charge >= 0.3 is 0 Å². The van der Waals surface area contributed by atoms with Crippen LogP contribution in [0.2, 0.25) is 0 Å². The lowest BCUT2D eigenvalue weighted by atomic mass is 10.1. The maximum Gasteiger partial charge on any atom is 0.243 e. The molecule has 0 aromatic heterocycles. The van der Waals surface area contributed by atoms with E-state index in [1.165, 1.54) is 19.3 Å². The van der Waals surface area contributed by atoms with Crippen molar-refractivity contribution in [2.45, 2.75) is 32.1 Å². The van der Waals surface area contributed by atoms with Crippen LogP contribution in [0.5, 0.6) is 0 Å². The summed E-state index contributed by atoms with van der Waals surface area (Å²) in [6.45, 7) is 2.06. The molecule has 1 saturated heterocycles. The van der Waals surface area contributed by atoms with E-state index in [1.807, 2.05) is 0 Å². The van der Waals surface area contributed by atoms with Crippen LogP contribution in [-0.2, 0) is 14.4 Å². The second kappa shape index (κ2) is 11.3. The van der Waals surface area contributed by atoms with E-state index in [9.17, 15) is 14.4 Å². The molecule has 5 N–H and O–H groups in total. The molecule has 8 nitrogen and oxygen atoms in total. The summed E-state index contributed by atoms with van der Waals surface area (Å²) in [7, 11) is 0. The smallest absolute Gasteiger partial charge is 0.243 e. The minimum atomic E-state index is -0.386. The molecule has 27 heavy (non-hydrogen) atoms. The Balaban J connectivity index is 1.76. The van der Waals surface area contributed by atoms with Crippen LogP contribution in [0, 0.1) is 0 Å². The van der Waals surface area contributed by atoms with Crippen LogP contribution < -0.4 is 21.7 Å². The molecule has 1 aromatic carbocycles. The van der Waals surface area contributed by atoms with Crippen LogP contribution in [0.1, 0.15) is 32.1 Å². The van der Waals surface area contributed by atoms with Gasteiger partial charge in [0.1, 0.15) is 0 Å². The van der Waals surface area contributed by atoms with Crippen molar-refractivity contribution in [1.29, 1.82) is 0 Å². The van der Waals surface area contributed by atoms with Crippen LogP contribution >= 0.6 is 0 Å². The Hall–Kier alpha value is -2.45. The maximum atomic E-state index is 12.2. The quantitative estimate of drug-likeness (QED) is 0.565. The number of anilines is 2. The number of nitrogens with one attached hydrogen (secondary N) is 3. The predicted octanol–water partition coefficient (Wildman–Crippen LogP) is 0.905. The number of amides is 3. The Morgan fingerprint density at radius 2 is 1.33 bits per heavy atom. The number of benzene rings is 1. The fourth-order valence-electron chi connectivity index (χ4n) is 2.97. The van der Waals surface area contributed by atoms with Gasteiger partial charge < -0.3 is 21.7 Å². The van der Waals surface area contributed by atoms with Crippen LogP contribution in [0.15, 0.2) is 24.3 Å². The molecule has 0 radical (unpaired) electrons. The number of hydrogen-bond donors (Lipinski definition) is 4. The fourth-order valence-corrected chi connectivity index (χ4v) is 2.97. The molecular formula is C19H29N5O3. The average molecular weight is 375 g/mol. The summed E-state index contributed by atoms with van der Waals surface area (Å²) < 4.78 is 0. The minimum Gasteiger partial charge on any atom is -0.346 e. The van der Waals surface area contributed by atoms with Gasteiger partial charge in [-0.3, -0.25) is 19.3 Å². The van der Waals surface area contributed by atoms with Gasteiger partial charge in [-0.1, -0.05) is 19.3 Å². The summed E-state index contributed by atoms with van der Waals surface area (Å²) in [6, 6.07) is 6.88. The molecule has 0 unspecified atom stereocenters. The van der Waals surface area contributed by atoms with Crippen LogP contribution in [0.25, 0.3) is 0 Å². The predicted molar refractivity (Wildman–Crippen MR) is 105 cm³/mol. The van der Waals surface area contributed by atoms with Crippen molar-refractivity contribution in [2.24, 2.45) is 5.73 Å². The van der Waals surface area contributed by atoms with Gasteiger partial charge in [-0.05, 0) is 50.2 Å². The van der Waals surface area contributed by atoms with Gasteiger partial charge in [0, 0.05) is 11.4 Å². The second-order valence-corrected chi connectivity index (χ2v) is 6.70. The molecule has 0 atom stereocenters. The second-order valence-electron chi connectivity index (χ2n) is 6.70. The van der Waals surface area contributed by atoms with E-state index in [1.54, 1.807) is 24.3 Å². The van der Waals surface area contributed by atoms with Gasteiger partial charge in [0.25, 0.3) is 0 Å². The molecule has 8 heteroatoms. The van der Waals surface area contributed by atoms with Crippen molar-refractivity contribution in [2.75, 3.05) is 43.4 Å². The standard InChI is InChI=1S/C19H29N5O3/c20-12-17(25)21-13-18(26)22-15-6-8-16(9-7-15)23-19(27)14-24-10-4-2-1-3-5-11-24/h6-9H,1-5,10-14,20H2,(H,21,25)(H,22,26)(H,23,27). The lowest BCUT2D eigenvalue weighted by Gasteiger charge is -2.23. The van der Waals surface area contributed by atoms with E-state index in [0.717, 1.165) is 25.9 Å². The molecule has 1 aliphatic heterocycles. The number of nitrogens with two attached hydrogens (primary N) is 1. The third-order valence-corrected chi connectivity index (χ3v) is 4.40. The first-order chi connectivity index (χ1) is 13.1. The van der Waals surface area contributed by atoms with E-state index in [2.05, 4.69) is 20.9 Å². The zero-order chi connectivity index (χ0) is 19.5. The van der Waals surface area contributed by atoms with Gasteiger partial charge in [-0.2, -0.15) is 0 Å². The minimum absolute atomic E-state index is 0.0307. The lowest BCUT2D eigenvalue weighted by molar-refractivity contribution is -0.123. The Morgan fingerprint density at radius 3 is 1.89 bits per heavy atom. The van der Waals surface area contributed by atoms with Crippen molar-refractivity contribution in [3.63, 3.8) is 0 Å². The molecule has 0 spiro atoms. The SMILES string of the molecule is NCC(=O)NCC(=O)Nc1ccc(NC(=O)CN2CCCCCCC2)cc1. The Kier molecular flexibility index (Phi) is 8.73. The van der Waals surface area contributed by atoms with Crippen molar-refractivity contribution < 1.29 is 14.4 Å². The number of hydrogen-bond acceptors (Lipinski definition) is 5. The summed E-state index contributed by atoms with van der Waals surface area (Å²) >= 11 is 0. The Morgan fingerprint density at radius 1 is 0.815 bits per heavy atom. The monoisotopic (exact) mass is 375 g/mol. The first kappa shape index (κ1) is 20.9. The van der Waals surface area contributed by atoms with Crippen LogP contribution in [-0.4, -0.2) is 55.3 Å². The summed E-state index contributed by atoms with van der Waals surface area (Å²) in [5.41, 5.74) is 6.43. The highest BCUT2D eigenvalue weighted by Crippen LogP contribution is 2.14. The topological polar surface area (TPSA) is 117 Å². The van der Waals surface area contributed by atoms with E-state index >= 15 is 0 Å². The van der Waals surface area contributed by atoms with Gasteiger partial charge in [0.15, 0.2) is 0 Å². The molecule has 0 bridgehead atoms. The zero-order valence-corrected chi connectivity index (χ0v) is 15.6. The highest BCUT2D eigenvalue weighted by atomic mass is 16.2. The van der Waals surface area contributed by atoms with Crippen LogP contribution in [0.3, 0.4) is 0 Å². The number of carbonyl (C=O) groups is 3. The van der Waals surface area contributed by atoms with Gasteiger partial charge in [-0.25, -0.2) is 0 Å². The lowest BCUT2D eigenvalue weighted by Crippen LogP contribution is -2.36. The molecule has 3 amide bonds. The summed E-state index contributed by atoms with van der Waals surface area (Å²) in [4.78, 5) is 37.2. The first-order valence-electron chi connectivity index (χ1n) is 9.45. The fraction of sp³-hybridized carbons (Fsp3) is 0.526. The highest BCUT2D eigenvalue weighted by molar-refractivity contribution is 5.95. The maximum absolute atomic E-state index is 12.2. The van der Waals surface area contributed by atoms with E-state index in [0.29, 0.717) is 17.9 Å². The molecule has 0 aliphatic carbocycles. The van der Waals surface area contributed by atoms with Crippen LogP contribution in [0.4, 0.5) is 11.4 Å². The first-order valence-corrected chi connectivity index (χ1v) is 9.45. The zero-order valence-electron chi connectivity index (χ0n) is 15.6. The Bertz CT molecular complexity index is 625. The summed E-state index contributed by atoms with van der Waals surface area (Å²) in [6.07, 6.45) is 6.06. The van der Waals surface area contributed by atoms with Gasteiger partial charge in [0.2, 0.25) is 17.7 Å². The summed E-state index contributed by atoms with van der Waals surface area (Å²) in [5.74, 6) is -0.759. The molecule has 1 fully saturated rings.